The summed E-state index contributed by atoms with van der Waals surface area (Å²) in [4.78, 5) is 0. The molecule has 0 aliphatic rings. The Bertz CT molecular complexity index is 209. The third kappa shape index (κ3) is 8.60. The lowest BCUT2D eigenvalue weighted by Crippen LogP contribution is -1.64. The number of hydrogen-bond donors (Lipinski definition) is 0. The van der Waals surface area contributed by atoms with Gasteiger partial charge in [0.05, 0.1) is 0 Å². The van der Waals surface area contributed by atoms with Crippen molar-refractivity contribution >= 4 is 0 Å². The molecule has 0 aromatic heterocycles. The SMILES string of the molecule is C=CCCC#CC#CCCC=C. The quantitative estimate of drug-likeness (QED) is 0.335. The standard InChI is InChI=1S/C12H14/c1-3-5-7-9-11-12-10-8-6-4-2/h3-4H,1-2,5-8H2. The van der Waals surface area contributed by atoms with Crippen molar-refractivity contribution in [1.82, 2.24) is 0 Å². The molecule has 0 aromatic rings. The molecular weight excluding hydrogens is 144 g/mol. The lowest BCUT2D eigenvalue weighted by molar-refractivity contribution is 1.09. The topological polar surface area (TPSA) is 0 Å². The average molecular weight is 158 g/mol. The first-order chi connectivity index (χ1) is 5.91. The Balaban J connectivity index is 3.44. The molecule has 0 bridgehead atoms. The smallest absolute Gasteiger partial charge is 0.0133 e. The fraction of sp³-hybridized carbons (Fsp3) is 0.333. The molecule has 12 heavy (non-hydrogen) atoms. The summed E-state index contributed by atoms with van der Waals surface area (Å²) in [5, 5.41) is 0. The molecule has 0 unspecified atom stereocenters. The van der Waals surface area contributed by atoms with Crippen LogP contribution in [-0.2, 0) is 0 Å². The van der Waals surface area contributed by atoms with Gasteiger partial charge in [-0.2, -0.15) is 0 Å². The van der Waals surface area contributed by atoms with Crippen LogP contribution in [0, 0.1) is 23.7 Å². The highest BCUT2D eigenvalue weighted by molar-refractivity contribution is 5.25. The van der Waals surface area contributed by atoms with Crippen molar-refractivity contribution in [3.63, 3.8) is 0 Å². The first-order valence-electron chi connectivity index (χ1n) is 4.09. The molecule has 0 radical (unpaired) electrons. The number of unbranched alkanes of at least 4 members (excludes halogenated alkanes) is 2. The minimum absolute atomic E-state index is 0.861. The Morgan fingerprint density at radius 3 is 1.58 bits per heavy atom. The van der Waals surface area contributed by atoms with E-state index in [1.807, 2.05) is 12.2 Å². The Labute approximate surface area is 75.4 Å². The highest BCUT2D eigenvalue weighted by Crippen LogP contribution is 1.85. The summed E-state index contributed by atoms with van der Waals surface area (Å²) in [5.41, 5.74) is 0. The van der Waals surface area contributed by atoms with Gasteiger partial charge in [-0.1, -0.05) is 24.0 Å². The molecule has 62 valence electrons. The summed E-state index contributed by atoms with van der Waals surface area (Å²) in [7, 11) is 0. The van der Waals surface area contributed by atoms with Gasteiger partial charge in [0, 0.05) is 12.8 Å². The van der Waals surface area contributed by atoms with Crippen molar-refractivity contribution in [2.45, 2.75) is 25.7 Å². The second kappa shape index (κ2) is 9.60. The third-order valence-corrected chi connectivity index (χ3v) is 1.19. The van der Waals surface area contributed by atoms with E-state index in [1.54, 1.807) is 0 Å². The Morgan fingerprint density at radius 2 is 1.25 bits per heavy atom. The van der Waals surface area contributed by atoms with Crippen molar-refractivity contribution in [3.05, 3.63) is 25.3 Å². The van der Waals surface area contributed by atoms with Gasteiger partial charge < -0.3 is 0 Å². The third-order valence-electron chi connectivity index (χ3n) is 1.19. The highest BCUT2D eigenvalue weighted by Gasteiger charge is 1.71. The van der Waals surface area contributed by atoms with Crippen LogP contribution in [0.2, 0.25) is 0 Å². The molecule has 0 amide bonds. The zero-order chi connectivity index (χ0) is 9.07. The Hall–Kier alpha value is -1.40. The fourth-order valence-electron chi connectivity index (χ4n) is 0.562. The highest BCUT2D eigenvalue weighted by atomic mass is 13.8. The summed E-state index contributed by atoms with van der Waals surface area (Å²) in [6, 6.07) is 0. The van der Waals surface area contributed by atoms with Crippen LogP contribution in [-0.4, -0.2) is 0 Å². The maximum absolute atomic E-state index is 3.60. The monoisotopic (exact) mass is 158 g/mol. The average Bonchev–Trinajstić information content (AvgIpc) is 2.10. The normalized spacial score (nSPS) is 7.00. The van der Waals surface area contributed by atoms with Crippen LogP contribution in [0.4, 0.5) is 0 Å². The molecule has 0 N–H and O–H groups in total. The summed E-state index contributed by atoms with van der Waals surface area (Å²) >= 11 is 0. The van der Waals surface area contributed by atoms with Crippen LogP contribution in [0.1, 0.15) is 25.7 Å². The van der Waals surface area contributed by atoms with Crippen molar-refractivity contribution < 1.29 is 0 Å². The van der Waals surface area contributed by atoms with Gasteiger partial charge in [-0.3, -0.25) is 0 Å². The first kappa shape index (κ1) is 10.6. The zero-order valence-electron chi connectivity index (χ0n) is 7.40. The van der Waals surface area contributed by atoms with Gasteiger partial charge in [0.1, 0.15) is 0 Å². The van der Waals surface area contributed by atoms with Crippen molar-refractivity contribution in [1.29, 1.82) is 0 Å². The van der Waals surface area contributed by atoms with Gasteiger partial charge in [0.2, 0.25) is 0 Å². The van der Waals surface area contributed by atoms with Crippen LogP contribution in [0.5, 0.6) is 0 Å². The molecule has 0 atom stereocenters. The summed E-state index contributed by atoms with van der Waals surface area (Å²) in [6.07, 6.45) is 7.33. The van der Waals surface area contributed by atoms with E-state index < -0.39 is 0 Å². The molecule has 0 fully saturated rings. The minimum atomic E-state index is 0.861. The Kier molecular flexibility index (Phi) is 8.48. The molecular formula is C12H14. The van der Waals surface area contributed by atoms with Gasteiger partial charge in [-0.05, 0) is 24.7 Å². The van der Waals surface area contributed by atoms with Gasteiger partial charge in [-0.15, -0.1) is 13.2 Å². The summed E-state index contributed by atoms with van der Waals surface area (Å²) in [6.45, 7) is 7.21. The minimum Gasteiger partial charge on any atom is -0.103 e. The van der Waals surface area contributed by atoms with E-state index in [9.17, 15) is 0 Å². The second-order valence-corrected chi connectivity index (χ2v) is 2.26. The zero-order valence-corrected chi connectivity index (χ0v) is 7.40. The first-order valence-corrected chi connectivity index (χ1v) is 4.09. The molecule has 0 aromatic carbocycles. The molecule has 0 nitrogen and oxygen atoms in total. The Morgan fingerprint density at radius 1 is 0.833 bits per heavy atom. The van der Waals surface area contributed by atoms with Crippen molar-refractivity contribution in [3.8, 4) is 23.7 Å². The lowest BCUT2D eigenvalue weighted by Gasteiger charge is -1.77. The summed E-state index contributed by atoms with van der Waals surface area (Å²) in [5.74, 6) is 11.5. The summed E-state index contributed by atoms with van der Waals surface area (Å²) < 4.78 is 0. The van der Waals surface area contributed by atoms with E-state index in [2.05, 4.69) is 36.8 Å². The van der Waals surface area contributed by atoms with E-state index in [4.69, 9.17) is 0 Å². The molecule has 0 heterocycles. The molecule has 0 spiro atoms. The second-order valence-electron chi connectivity index (χ2n) is 2.26. The van der Waals surface area contributed by atoms with E-state index in [0.29, 0.717) is 0 Å². The van der Waals surface area contributed by atoms with Gasteiger partial charge in [0.25, 0.3) is 0 Å². The molecule has 0 rings (SSSR count). The van der Waals surface area contributed by atoms with Gasteiger partial charge in [-0.25, -0.2) is 0 Å². The maximum atomic E-state index is 3.60. The van der Waals surface area contributed by atoms with E-state index in [-0.39, 0.29) is 0 Å². The number of allylic oxidation sites excluding steroid dienone is 2. The number of hydrogen-bond acceptors (Lipinski definition) is 0. The van der Waals surface area contributed by atoms with E-state index in [0.717, 1.165) is 25.7 Å². The largest absolute Gasteiger partial charge is 0.103 e. The fourth-order valence-corrected chi connectivity index (χ4v) is 0.562. The van der Waals surface area contributed by atoms with Crippen molar-refractivity contribution in [2.75, 3.05) is 0 Å². The van der Waals surface area contributed by atoms with E-state index >= 15 is 0 Å². The molecule has 0 aliphatic carbocycles. The van der Waals surface area contributed by atoms with E-state index in [1.165, 1.54) is 0 Å². The predicted octanol–water partition coefficient (Wildman–Crippen LogP) is 2.93. The molecule has 0 heteroatoms. The predicted molar refractivity (Wildman–Crippen MR) is 54.4 cm³/mol. The van der Waals surface area contributed by atoms with Crippen LogP contribution in [0.15, 0.2) is 25.3 Å². The van der Waals surface area contributed by atoms with Gasteiger partial charge >= 0.3 is 0 Å². The molecule has 0 aliphatic heterocycles. The van der Waals surface area contributed by atoms with Crippen LogP contribution < -0.4 is 0 Å². The van der Waals surface area contributed by atoms with Crippen LogP contribution in [0.25, 0.3) is 0 Å². The molecule has 0 saturated heterocycles. The van der Waals surface area contributed by atoms with Gasteiger partial charge in [0.15, 0.2) is 0 Å². The van der Waals surface area contributed by atoms with Crippen LogP contribution >= 0.6 is 0 Å². The van der Waals surface area contributed by atoms with Crippen molar-refractivity contribution in [2.24, 2.45) is 0 Å². The number of rotatable bonds is 4. The van der Waals surface area contributed by atoms with Crippen LogP contribution in [0.3, 0.4) is 0 Å². The maximum Gasteiger partial charge on any atom is 0.0133 e. The lowest BCUT2D eigenvalue weighted by atomic mass is 10.3. The molecule has 0 saturated carbocycles.